The maximum absolute atomic E-state index is 13.4. The summed E-state index contributed by atoms with van der Waals surface area (Å²) in [6.07, 6.45) is 0.454. The van der Waals surface area contributed by atoms with Gasteiger partial charge in [0.2, 0.25) is 0 Å². The Labute approximate surface area is 184 Å². The van der Waals surface area contributed by atoms with Crippen LogP contribution in [0.5, 0.6) is 0 Å². The highest BCUT2D eigenvalue weighted by atomic mass is 35.5. The summed E-state index contributed by atoms with van der Waals surface area (Å²) in [5.74, 6) is 0.104. The maximum Gasteiger partial charge on any atom is 0.295 e. The lowest BCUT2D eigenvalue weighted by molar-refractivity contribution is -0.142. The molecule has 30 heavy (non-hydrogen) atoms. The number of fused-ring (bicyclic) bond motifs is 3. The Hall–Kier alpha value is -2.22. The van der Waals surface area contributed by atoms with Crippen LogP contribution in [0.25, 0.3) is 0 Å². The fourth-order valence-corrected chi connectivity index (χ4v) is 5.40. The number of rotatable bonds is 6. The van der Waals surface area contributed by atoms with Crippen LogP contribution in [0.2, 0.25) is 5.02 Å². The molecule has 0 bridgehead atoms. The number of amides is 1. The molecule has 2 aromatic rings. The molecule has 1 aromatic heterocycles. The topological polar surface area (TPSA) is 71.0 Å². The fourth-order valence-electron chi connectivity index (χ4n) is 3.82. The van der Waals surface area contributed by atoms with E-state index < -0.39 is 6.23 Å². The van der Waals surface area contributed by atoms with Crippen LogP contribution < -0.4 is 10.2 Å². The van der Waals surface area contributed by atoms with Gasteiger partial charge in [-0.15, -0.1) is 11.3 Å². The first kappa shape index (κ1) is 21.0. The van der Waals surface area contributed by atoms with Crippen molar-refractivity contribution in [2.75, 3.05) is 18.0 Å². The summed E-state index contributed by atoms with van der Waals surface area (Å²) in [6, 6.07) is 7.44. The Morgan fingerprint density at radius 3 is 2.93 bits per heavy atom. The monoisotopic (exact) mass is 445 g/mol. The van der Waals surface area contributed by atoms with Crippen molar-refractivity contribution in [2.45, 2.75) is 39.5 Å². The minimum Gasteiger partial charge on any atom is -0.432 e. The lowest BCUT2D eigenvalue weighted by Crippen LogP contribution is -2.39. The first-order chi connectivity index (χ1) is 14.5. The van der Waals surface area contributed by atoms with Crippen LogP contribution >= 0.6 is 22.9 Å². The van der Waals surface area contributed by atoms with Crippen molar-refractivity contribution in [1.29, 1.82) is 0 Å². The summed E-state index contributed by atoms with van der Waals surface area (Å²) in [5.41, 5.74) is 3.49. The zero-order chi connectivity index (χ0) is 21.3. The minimum absolute atomic E-state index is 0.287. The van der Waals surface area contributed by atoms with Gasteiger partial charge in [0, 0.05) is 34.1 Å². The molecule has 6 nitrogen and oxygen atoms in total. The Morgan fingerprint density at radius 1 is 1.40 bits per heavy atom. The second kappa shape index (κ2) is 8.88. The van der Waals surface area contributed by atoms with Crippen LogP contribution in [0.4, 0.5) is 5.00 Å². The second-order valence-corrected chi connectivity index (χ2v) is 9.32. The minimum atomic E-state index is -1.22. The quantitative estimate of drug-likeness (QED) is 0.687. The molecule has 0 radical (unpaired) electrons. The zero-order valence-electron chi connectivity index (χ0n) is 17.0. The van der Waals surface area contributed by atoms with Crippen LogP contribution in [-0.4, -0.2) is 37.4 Å². The molecule has 2 aliphatic heterocycles. The molecule has 1 amide bonds. The van der Waals surface area contributed by atoms with Crippen molar-refractivity contribution in [3.05, 3.63) is 50.9 Å². The number of hydrogen-bond donors (Lipinski definition) is 1. The Morgan fingerprint density at radius 2 is 2.20 bits per heavy atom. The third kappa shape index (κ3) is 3.89. The zero-order valence-corrected chi connectivity index (χ0v) is 18.6. The van der Waals surface area contributed by atoms with Crippen LogP contribution in [-0.2, 0) is 27.3 Å². The molecule has 0 fully saturated rings. The average molecular weight is 446 g/mol. The van der Waals surface area contributed by atoms with Crippen molar-refractivity contribution < 1.29 is 14.3 Å². The maximum atomic E-state index is 13.4. The molecule has 1 N–H and O–H groups in total. The molecule has 4 rings (SSSR count). The van der Waals surface area contributed by atoms with E-state index in [0.717, 1.165) is 42.1 Å². The largest absolute Gasteiger partial charge is 0.432 e. The number of benzene rings is 1. The van der Waals surface area contributed by atoms with E-state index in [1.54, 1.807) is 22.3 Å². The Kier molecular flexibility index (Phi) is 6.22. The van der Waals surface area contributed by atoms with E-state index in [1.807, 2.05) is 18.2 Å². The molecule has 0 saturated carbocycles. The third-order valence-corrected chi connectivity index (χ3v) is 6.94. The van der Waals surface area contributed by atoms with E-state index >= 15 is 0 Å². The van der Waals surface area contributed by atoms with Crippen LogP contribution in [0.1, 0.15) is 41.8 Å². The first-order valence-corrected chi connectivity index (χ1v) is 11.3. The molecule has 1 aromatic carbocycles. The van der Waals surface area contributed by atoms with E-state index in [0.29, 0.717) is 23.2 Å². The number of thiophene rings is 1. The van der Waals surface area contributed by atoms with Gasteiger partial charge in [-0.3, -0.25) is 14.5 Å². The van der Waals surface area contributed by atoms with Crippen molar-refractivity contribution >= 4 is 46.0 Å². The van der Waals surface area contributed by atoms with Gasteiger partial charge in [0.25, 0.3) is 18.6 Å². The number of aliphatic imine (C=N–C) groups is 1. The van der Waals surface area contributed by atoms with E-state index in [2.05, 4.69) is 24.2 Å². The summed E-state index contributed by atoms with van der Waals surface area (Å²) in [6.45, 7) is 6.70. The highest BCUT2D eigenvalue weighted by molar-refractivity contribution is 7.17. The van der Waals surface area contributed by atoms with Gasteiger partial charge in [-0.05, 0) is 36.9 Å². The lowest BCUT2D eigenvalue weighted by atomic mass is 9.95. The van der Waals surface area contributed by atoms with Crippen molar-refractivity contribution in [3.63, 3.8) is 0 Å². The lowest BCUT2D eigenvalue weighted by Gasteiger charge is -2.23. The molecule has 1 atom stereocenters. The average Bonchev–Trinajstić information content (AvgIpc) is 3.06. The van der Waals surface area contributed by atoms with Gasteiger partial charge in [0.1, 0.15) is 5.00 Å². The van der Waals surface area contributed by atoms with Crippen molar-refractivity contribution in [1.82, 2.24) is 5.32 Å². The molecular formula is C22H24ClN3O3S. The highest BCUT2D eigenvalue weighted by Gasteiger charge is 2.37. The number of anilines is 1. The van der Waals surface area contributed by atoms with E-state index in [4.69, 9.17) is 16.3 Å². The number of nitrogens with one attached hydrogen (secondary N) is 1. The van der Waals surface area contributed by atoms with Gasteiger partial charge < -0.3 is 10.1 Å². The van der Waals surface area contributed by atoms with Crippen LogP contribution in [0.3, 0.4) is 0 Å². The fraction of sp³-hybridized carbons (Fsp3) is 0.409. The molecule has 0 spiro atoms. The molecule has 158 valence electrons. The molecule has 2 aliphatic rings. The summed E-state index contributed by atoms with van der Waals surface area (Å²) in [4.78, 5) is 32.2. The van der Waals surface area contributed by atoms with Gasteiger partial charge in [-0.2, -0.15) is 0 Å². The Bertz CT molecular complexity index is 1000. The normalized spacial score (nSPS) is 18.5. The molecule has 0 aliphatic carbocycles. The van der Waals surface area contributed by atoms with E-state index in [1.165, 1.54) is 10.4 Å². The SMILES string of the molecule is CC(C)CCN1C(=O)C(OC=O)N=C(c2ccccc2Cl)c2c1sc1c2CCNC1. The smallest absolute Gasteiger partial charge is 0.295 e. The number of ether oxygens (including phenoxy) is 1. The van der Waals surface area contributed by atoms with Gasteiger partial charge in [0.15, 0.2) is 0 Å². The van der Waals surface area contributed by atoms with E-state index in [-0.39, 0.29) is 12.4 Å². The number of halogens is 1. The predicted octanol–water partition coefficient (Wildman–Crippen LogP) is 3.78. The highest BCUT2D eigenvalue weighted by Crippen LogP contribution is 2.42. The summed E-state index contributed by atoms with van der Waals surface area (Å²) in [7, 11) is 0. The molecule has 8 heteroatoms. The number of hydrogen-bond acceptors (Lipinski definition) is 6. The Balaban J connectivity index is 1.94. The van der Waals surface area contributed by atoms with Gasteiger partial charge >= 0.3 is 0 Å². The molecule has 3 heterocycles. The number of carbonyl (C=O) groups excluding carboxylic acids is 2. The number of carbonyl (C=O) groups is 2. The van der Waals surface area contributed by atoms with Gasteiger partial charge in [-0.25, -0.2) is 4.99 Å². The van der Waals surface area contributed by atoms with E-state index in [9.17, 15) is 9.59 Å². The van der Waals surface area contributed by atoms with Gasteiger partial charge in [0.05, 0.1) is 5.71 Å². The van der Waals surface area contributed by atoms with Crippen molar-refractivity contribution in [2.24, 2.45) is 10.9 Å². The second-order valence-electron chi connectivity index (χ2n) is 7.83. The van der Waals surface area contributed by atoms with Crippen LogP contribution in [0.15, 0.2) is 29.3 Å². The van der Waals surface area contributed by atoms with Gasteiger partial charge in [-0.1, -0.05) is 43.6 Å². The standard InChI is InChI=1S/C22H24ClN3O3S/c1-13(2)8-10-26-21(28)20(29-12-27)25-19(14-5-3-4-6-16(14)23)18-15-7-9-24-11-17(15)30-22(18)26/h3-6,12-13,20,24H,7-11H2,1-2H3. The molecular weight excluding hydrogens is 422 g/mol. The summed E-state index contributed by atoms with van der Waals surface area (Å²) in [5, 5.41) is 4.82. The summed E-state index contributed by atoms with van der Waals surface area (Å²) >= 11 is 8.14. The summed E-state index contributed by atoms with van der Waals surface area (Å²) < 4.78 is 5.14. The first-order valence-electron chi connectivity index (χ1n) is 10.1. The third-order valence-electron chi connectivity index (χ3n) is 5.36. The van der Waals surface area contributed by atoms with Crippen molar-refractivity contribution in [3.8, 4) is 0 Å². The molecule has 0 saturated heterocycles. The van der Waals surface area contributed by atoms with Crippen LogP contribution in [0, 0.1) is 5.92 Å². The predicted molar refractivity (Wildman–Crippen MR) is 120 cm³/mol. The molecule has 1 unspecified atom stereocenters. The number of nitrogens with zero attached hydrogens (tertiary/aromatic N) is 2.